The number of methoxy groups -OCH3 is 1. The molecule has 104 valence electrons. The highest BCUT2D eigenvalue weighted by Gasteiger charge is 2.39. The third kappa shape index (κ3) is 2.37. The van der Waals surface area contributed by atoms with Crippen molar-refractivity contribution in [1.29, 1.82) is 0 Å². The molecule has 20 heavy (non-hydrogen) atoms. The number of ether oxygens (including phenoxy) is 2. The van der Waals surface area contributed by atoms with Crippen LogP contribution in [-0.4, -0.2) is 37.1 Å². The minimum Gasteiger partial charge on any atom is -0.497 e. The fourth-order valence-electron chi connectivity index (χ4n) is 1.62. The number of hydrazone groups is 1. The molecule has 0 radical (unpaired) electrons. The van der Waals surface area contributed by atoms with Gasteiger partial charge in [-0.25, -0.2) is 4.79 Å². The van der Waals surface area contributed by atoms with Crippen LogP contribution in [0.3, 0.4) is 0 Å². The van der Waals surface area contributed by atoms with Crippen molar-refractivity contribution >= 4 is 29.1 Å². The van der Waals surface area contributed by atoms with Crippen LogP contribution < -0.4 is 9.75 Å². The third-order valence-electron chi connectivity index (χ3n) is 2.59. The van der Waals surface area contributed by atoms with E-state index in [-0.39, 0.29) is 6.61 Å². The molecule has 1 aromatic rings. The molecule has 1 aromatic carbocycles. The Morgan fingerprint density at radius 1 is 1.25 bits per heavy atom. The van der Waals surface area contributed by atoms with Crippen molar-refractivity contribution in [2.75, 3.05) is 18.7 Å². The molecule has 0 saturated heterocycles. The molecule has 1 aliphatic rings. The van der Waals surface area contributed by atoms with Crippen molar-refractivity contribution in [3.8, 4) is 5.75 Å². The first-order valence-corrected chi connectivity index (χ1v) is 5.87. The quantitative estimate of drug-likeness (QED) is 0.591. The molecule has 2 rings (SSSR count). The average molecular weight is 276 g/mol. The number of carbonyl (C=O) groups is 3. The second-order valence-electron chi connectivity index (χ2n) is 3.81. The summed E-state index contributed by atoms with van der Waals surface area (Å²) >= 11 is 0. The number of rotatable bonds is 4. The summed E-state index contributed by atoms with van der Waals surface area (Å²) in [6.45, 7) is 1.70. The topological polar surface area (TPSA) is 85.3 Å². The van der Waals surface area contributed by atoms with Gasteiger partial charge in [-0.15, -0.1) is 0 Å². The van der Waals surface area contributed by atoms with Gasteiger partial charge in [-0.2, -0.15) is 10.1 Å². The molecule has 0 atom stereocenters. The fourth-order valence-corrected chi connectivity index (χ4v) is 1.62. The molecule has 0 aliphatic carbocycles. The Kier molecular flexibility index (Phi) is 3.79. The van der Waals surface area contributed by atoms with Crippen molar-refractivity contribution in [2.45, 2.75) is 6.92 Å². The predicted octanol–water partition coefficient (Wildman–Crippen LogP) is 0.530. The van der Waals surface area contributed by atoms with Gasteiger partial charge in [-0.1, -0.05) is 0 Å². The standard InChI is InChI=1S/C13H12N2O5/c1-3-20-13(18)10-11(16)12(17)15(14-10)8-4-6-9(19-2)7-5-8/h4-7H,3H2,1-2H3. The summed E-state index contributed by atoms with van der Waals surface area (Å²) in [5, 5.41) is 4.60. The Labute approximate surface area is 114 Å². The summed E-state index contributed by atoms with van der Waals surface area (Å²) < 4.78 is 9.67. The molecular formula is C13H12N2O5. The highest BCUT2D eigenvalue weighted by Crippen LogP contribution is 2.22. The first-order chi connectivity index (χ1) is 9.58. The Bertz CT molecular complexity index is 591. The van der Waals surface area contributed by atoms with Gasteiger partial charge in [-0.3, -0.25) is 9.59 Å². The number of carbonyl (C=O) groups excluding carboxylic acids is 3. The minimum absolute atomic E-state index is 0.0991. The van der Waals surface area contributed by atoms with E-state index in [1.807, 2.05) is 0 Å². The zero-order valence-corrected chi connectivity index (χ0v) is 11.0. The number of hydrogen-bond acceptors (Lipinski definition) is 6. The zero-order valence-electron chi connectivity index (χ0n) is 11.0. The van der Waals surface area contributed by atoms with Gasteiger partial charge in [0.25, 0.3) is 5.78 Å². The Morgan fingerprint density at radius 3 is 2.45 bits per heavy atom. The zero-order chi connectivity index (χ0) is 14.7. The van der Waals surface area contributed by atoms with Crippen LogP contribution in [0.5, 0.6) is 5.75 Å². The lowest BCUT2D eigenvalue weighted by Gasteiger charge is -2.10. The van der Waals surface area contributed by atoms with E-state index in [1.54, 1.807) is 31.2 Å². The maximum atomic E-state index is 11.8. The minimum atomic E-state index is -0.973. The van der Waals surface area contributed by atoms with Gasteiger partial charge in [-0.05, 0) is 31.2 Å². The largest absolute Gasteiger partial charge is 0.497 e. The number of Topliss-reactive ketones (excluding diaryl/α,β-unsaturated/α-hetero) is 1. The van der Waals surface area contributed by atoms with E-state index < -0.39 is 23.4 Å². The van der Waals surface area contributed by atoms with Crippen LogP contribution in [0.1, 0.15) is 6.92 Å². The van der Waals surface area contributed by atoms with Crippen LogP contribution >= 0.6 is 0 Å². The van der Waals surface area contributed by atoms with E-state index in [2.05, 4.69) is 9.84 Å². The van der Waals surface area contributed by atoms with Gasteiger partial charge in [0.1, 0.15) is 5.75 Å². The monoisotopic (exact) mass is 276 g/mol. The number of anilines is 1. The van der Waals surface area contributed by atoms with Crippen molar-refractivity contribution in [3.63, 3.8) is 0 Å². The van der Waals surface area contributed by atoms with Crippen LogP contribution in [0.2, 0.25) is 0 Å². The number of benzene rings is 1. The Balaban J connectivity index is 2.29. The van der Waals surface area contributed by atoms with Gasteiger partial charge in [0.05, 0.1) is 19.4 Å². The SMILES string of the molecule is CCOC(=O)C1=NN(c2ccc(OC)cc2)C(=O)C1=O. The maximum Gasteiger partial charge on any atom is 0.363 e. The molecule has 1 amide bonds. The van der Waals surface area contributed by atoms with Crippen molar-refractivity contribution in [3.05, 3.63) is 24.3 Å². The van der Waals surface area contributed by atoms with Crippen LogP contribution in [0.15, 0.2) is 29.4 Å². The van der Waals surface area contributed by atoms with Gasteiger partial charge < -0.3 is 9.47 Å². The van der Waals surface area contributed by atoms with E-state index in [1.165, 1.54) is 7.11 Å². The first kappa shape index (κ1) is 13.7. The second-order valence-corrected chi connectivity index (χ2v) is 3.81. The molecule has 0 N–H and O–H groups in total. The highest BCUT2D eigenvalue weighted by molar-refractivity contribution is 6.81. The number of hydrogen-bond donors (Lipinski definition) is 0. The van der Waals surface area contributed by atoms with Gasteiger partial charge in [0, 0.05) is 0 Å². The summed E-state index contributed by atoms with van der Waals surface area (Å²) in [5.41, 5.74) is -0.142. The molecule has 1 heterocycles. The highest BCUT2D eigenvalue weighted by atomic mass is 16.5. The summed E-state index contributed by atoms with van der Waals surface area (Å²) in [4.78, 5) is 35.0. The lowest BCUT2D eigenvalue weighted by Crippen LogP contribution is -2.30. The summed E-state index contributed by atoms with van der Waals surface area (Å²) in [6, 6.07) is 6.35. The van der Waals surface area contributed by atoms with Crippen molar-refractivity contribution in [2.24, 2.45) is 5.10 Å². The van der Waals surface area contributed by atoms with Crippen LogP contribution in [0.4, 0.5) is 5.69 Å². The molecule has 0 fully saturated rings. The fraction of sp³-hybridized carbons (Fsp3) is 0.231. The Hall–Kier alpha value is -2.70. The molecule has 0 spiro atoms. The van der Waals surface area contributed by atoms with Gasteiger partial charge in [0.15, 0.2) is 0 Å². The smallest absolute Gasteiger partial charge is 0.363 e. The maximum absolute atomic E-state index is 11.8. The van der Waals surface area contributed by atoms with E-state index in [0.29, 0.717) is 11.4 Å². The summed E-state index contributed by atoms with van der Waals surface area (Å²) in [6.07, 6.45) is 0. The number of ketones is 1. The normalized spacial score (nSPS) is 14.3. The molecule has 0 aromatic heterocycles. The van der Waals surface area contributed by atoms with Gasteiger partial charge in [0.2, 0.25) is 5.71 Å². The average Bonchev–Trinajstić information content (AvgIpc) is 2.76. The van der Waals surface area contributed by atoms with Gasteiger partial charge >= 0.3 is 11.9 Å². The molecule has 7 nitrogen and oxygen atoms in total. The van der Waals surface area contributed by atoms with Crippen molar-refractivity contribution < 1.29 is 23.9 Å². The summed E-state index contributed by atoms with van der Waals surface area (Å²) in [7, 11) is 1.51. The number of amides is 1. The first-order valence-electron chi connectivity index (χ1n) is 5.87. The van der Waals surface area contributed by atoms with Crippen LogP contribution in [0, 0.1) is 0 Å². The molecular weight excluding hydrogens is 264 g/mol. The molecule has 0 unspecified atom stereocenters. The Morgan fingerprint density at radius 2 is 1.90 bits per heavy atom. The van der Waals surface area contributed by atoms with E-state index in [0.717, 1.165) is 5.01 Å². The molecule has 1 aliphatic heterocycles. The molecule has 0 saturated carbocycles. The van der Waals surface area contributed by atoms with E-state index in [9.17, 15) is 14.4 Å². The lowest BCUT2D eigenvalue weighted by molar-refractivity contribution is -0.137. The van der Waals surface area contributed by atoms with Crippen molar-refractivity contribution in [1.82, 2.24) is 0 Å². The molecule has 0 bridgehead atoms. The van der Waals surface area contributed by atoms with Crippen LogP contribution in [-0.2, 0) is 19.1 Å². The summed E-state index contributed by atoms with van der Waals surface area (Å²) in [5.74, 6) is -2.17. The molecule has 7 heteroatoms. The second kappa shape index (κ2) is 5.52. The number of esters is 1. The number of nitrogens with zero attached hydrogens (tertiary/aromatic N) is 2. The van der Waals surface area contributed by atoms with E-state index in [4.69, 9.17) is 4.74 Å². The third-order valence-corrected chi connectivity index (χ3v) is 2.59. The predicted molar refractivity (Wildman–Crippen MR) is 69.6 cm³/mol. The van der Waals surface area contributed by atoms with Crippen LogP contribution in [0.25, 0.3) is 0 Å². The lowest BCUT2D eigenvalue weighted by atomic mass is 10.2. The van der Waals surface area contributed by atoms with E-state index >= 15 is 0 Å².